The van der Waals surface area contributed by atoms with Crippen LogP contribution in [0.5, 0.6) is 5.75 Å². The predicted octanol–water partition coefficient (Wildman–Crippen LogP) is 8.02. The normalized spacial score (nSPS) is 19.6. The molecule has 0 saturated heterocycles. The Morgan fingerprint density at radius 2 is 1.54 bits per heavy atom. The Morgan fingerprint density at radius 1 is 0.892 bits per heavy atom. The molecule has 0 radical (unpaired) electrons. The zero-order valence-corrected chi connectivity index (χ0v) is 22.0. The van der Waals surface area contributed by atoms with E-state index < -0.39 is 6.36 Å². The molecule has 1 aliphatic heterocycles. The molecule has 1 aliphatic carbocycles. The van der Waals surface area contributed by atoms with Gasteiger partial charge in [-0.3, -0.25) is 4.79 Å². The van der Waals surface area contributed by atoms with E-state index in [9.17, 15) is 18.0 Å². The van der Waals surface area contributed by atoms with E-state index in [1.54, 1.807) is 12.1 Å². The van der Waals surface area contributed by atoms with Gasteiger partial charge in [0.25, 0.3) is 0 Å². The summed E-state index contributed by atoms with van der Waals surface area (Å²) >= 11 is 3.51. The lowest BCUT2D eigenvalue weighted by atomic mass is 9.74. The molecule has 192 valence electrons. The van der Waals surface area contributed by atoms with Crippen LogP contribution in [0.2, 0.25) is 0 Å². The van der Waals surface area contributed by atoms with Crippen LogP contribution in [0, 0.1) is 5.41 Å². The first-order chi connectivity index (χ1) is 17.5. The summed E-state index contributed by atoms with van der Waals surface area (Å²) in [6.07, 6.45) is -3.91. The summed E-state index contributed by atoms with van der Waals surface area (Å²) in [5.74, 6) is -0.188. The Bertz CT molecular complexity index is 1320. The van der Waals surface area contributed by atoms with Crippen LogP contribution >= 0.6 is 15.9 Å². The van der Waals surface area contributed by atoms with Gasteiger partial charge in [0, 0.05) is 33.5 Å². The molecule has 5 rings (SSSR count). The third-order valence-corrected chi connectivity index (χ3v) is 7.26. The van der Waals surface area contributed by atoms with Gasteiger partial charge in [-0.05, 0) is 65.9 Å². The smallest absolute Gasteiger partial charge is 0.406 e. The number of allylic oxidation sites excluding steroid dienone is 1. The Balaban J connectivity index is 1.68. The summed E-state index contributed by atoms with van der Waals surface area (Å²) in [5.41, 5.74) is 4.17. The van der Waals surface area contributed by atoms with E-state index in [-0.39, 0.29) is 23.1 Å². The highest BCUT2D eigenvalue weighted by Crippen LogP contribution is 2.48. The number of ketones is 1. The van der Waals surface area contributed by atoms with E-state index in [0.717, 1.165) is 33.4 Å². The molecule has 3 aromatic rings. The Hall–Kier alpha value is -3.26. The van der Waals surface area contributed by atoms with Crippen molar-refractivity contribution < 1.29 is 22.7 Å². The molecule has 0 N–H and O–H groups in total. The highest BCUT2D eigenvalue weighted by Gasteiger charge is 2.43. The average Bonchev–Trinajstić information content (AvgIpc) is 2.83. The van der Waals surface area contributed by atoms with Crippen LogP contribution < -0.4 is 14.5 Å². The highest BCUT2D eigenvalue weighted by atomic mass is 79.9. The van der Waals surface area contributed by atoms with Crippen molar-refractivity contribution in [3.8, 4) is 5.75 Å². The monoisotopic (exact) mass is 570 g/mol. The van der Waals surface area contributed by atoms with Crippen molar-refractivity contribution in [3.05, 3.63) is 100 Å². The van der Waals surface area contributed by atoms with Gasteiger partial charge in [-0.1, -0.05) is 60.1 Å². The molecule has 4 nitrogen and oxygen atoms in total. The standard InChI is InChI=1S/C29H26BrF3N2O2/c1-28(2)16-25-24(26(36)17-28)18-34(21-12-14-23(15-13-21)37-29(31,32)33)27(19-8-10-20(30)11-9-19)35(25)22-6-4-3-5-7-22/h3-15,27H,16-18H2,1-2H3. The molecule has 2 aliphatic rings. The molecular formula is C29H26BrF3N2O2. The van der Waals surface area contributed by atoms with Gasteiger partial charge in [-0.2, -0.15) is 0 Å². The number of benzene rings is 3. The molecule has 1 atom stereocenters. The molecule has 37 heavy (non-hydrogen) atoms. The van der Waals surface area contributed by atoms with Crippen LogP contribution in [-0.4, -0.2) is 18.7 Å². The van der Waals surface area contributed by atoms with E-state index in [0.29, 0.717) is 18.7 Å². The van der Waals surface area contributed by atoms with Gasteiger partial charge in [0.2, 0.25) is 0 Å². The number of halogens is 4. The zero-order chi connectivity index (χ0) is 26.4. The molecule has 1 unspecified atom stereocenters. The number of Topliss-reactive ketones (excluding diaryl/α,β-unsaturated/α-hetero) is 1. The minimum Gasteiger partial charge on any atom is -0.406 e. The van der Waals surface area contributed by atoms with Gasteiger partial charge in [0.1, 0.15) is 11.9 Å². The molecule has 1 heterocycles. The highest BCUT2D eigenvalue weighted by molar-refractivity contribution is 9.10. The first kappa shape index (κ1) is 25.4. The maximum Gasteiger partial charge on any atom is 0.573 e. The number of carbonyl (C=O) groups is 1. The predicted molar refractivity (Wildman–Crippen MR) is 141 cm³/mol. The van der Waals surface area contributed by atoms with Gasteiger partial charge in [0.05, 0.1) is 6.54 Å². The lowest BCUT2D eigenvalue weighted by Crippen LogP contribution is -2.51. The van der Waals surface area contributed by atoms with Gasteiger partial charge in [-0.15, -0.1) is 13.2 Å². The second-order valence-electron chi connectivity index (χ2n) is 10.2. The van der Waals surface area contributed by atoms with Crippen molar-refractivity contribution in [1.29, 1.82) is 0 Å². The number of alkyl halides is 3. The van der Waals surface area contributed by atoms with E-state index in [4.69, 9.17) is 0 Å². The van der Waals surface area contributed by atoms with Crippen molar-refractivity contribution in [2.24, 2.45) is 5.41 Å². The first-order valence-electron chi connectivity index (χ1n) is 12.0. The maximum atomic E-state index is 13.4. The Kier molecular flexibility index (Phi) is 6.56. The van der Waals surface area contributed by atoms with Crippen LogP contribution in [0.4, 0.5) is 24.5 Å². The SMILES string of the molecule is CC1(C)CC(=O)C2=C(C1)N(c1ccccc1)C(c1ccc(Br)cc1)N(c1ccc(OC(F)(F)F)cc1)C2. The third-order valence-electron chi connectivity index (χ3n) is 6.73. The Labute approximate surface area is 222 Å². The molecule has 0 fully saturated rings. The molecule has 0 bridgehead atoms. The van der Waals surface area contributed by atoms with Crippen molar-refractivity contribution in [3.63, 3.8) is 0 Å². The summed E-state index contributed by atoms with van der Waals surface area (Å²) in [4.78, 5) is 17.7. The number of para-hydroxylation sites is 1. The Morgan fingerprint density at radius 3 is 2.16 bits per heavy atom. The van der Waals surface area contributed by atoms with E-state index in [1.165, 1.54) is 12.1 Å². The van der Waals surface area contributed by atoms with Crippen molar-refractivity contribution in [2.75, 3.05) is 16.3 Å². The number of rotatable bonds is 4. The summed E-state index contributed by atoms with van der Waals surface area (Å²) in [6, 6.07) is 23.8. The average molecular weight is 571 g/mol. The maximum absolute atomic E-state index is 13.4. The minimum atomic E-state index is -4.77. The second-order valence-corrected chi connectivity index (χ2v) is 11.1. The van der Waals surface area contributed by atoms with Gasteiger partial charge in [-0.25, -0.2) is 0 Å². The van der Waals surface area contributed by atoms with Crippen molar-refractivity contribution >= 4 is 33.1 Å². The zero-order valence-electron chi connectivity index (χ0n) is 20.4. The summed E-state index contributed by atoms with van der Waals surface area (Å²) in [6.45, 7) is 4.57. The number of carbonyl (C=O) groups excluding carboxylic acids is 1. The number of nitrogens with zero attached hydrogens (tertiary/aromatic N) is 2. The third kappa shape index (κ3) is 5.39. The summed E-state index contributed by atoms with van der Waals surface area (Å²) < 4.78 is 43.3. The quantitative estimate of drug-likeness (QED) is 0.318. The summed E-state index contributed by atoms with van der Waals surface area (Å²) in [5, 5.41) is 0. The molecule has 0 amide bonds. The van der Waals surface area contributed by atoms with Gasteiger partial charge in [0.15, 0.2) is 5.78 Å². The second kappa shape index (κ2) is 9.56. The van der Waals surface area contributed by atoms with Crippen LogP contribution in [0.3, 0.4) is 0 Å². The lowest BCUT2D eigenvalue weighted by Gasteiger charge is -2.51. The van der Waals surface area contributed by atoms with Crippen LogP contribution in [-0.2, 0) is 4.79 Å². The van der Waals surface area contributed by atoms with Gasteiger partial charge >= 0.3 is 6.36 Å². The van der Waals surface area contributed by atoms with E-state index in [1.807, 2.05) is 54.6 Å². The molecule has 8 heteroatoms. The van der Waals surface area contributed by atoms with E-state index in [2.05, 4.69) is 44.3 Å². The molecule has 0 aromatic heterocycles. The molecule has 0 saturated carbocycles. The fraction of sp³-hybridized carbons (Fsp3) is 0.276. The number of anilines is 2. The minimum absolute atomic E-state index is 0.100. The van der Waals surface area contributed by atoms with Gasteiger partial charge < -0.3 is 14.5 Å². The molecule has 3 aromatic carbocycles. The topological polar surface area (TPSA) is 32.8 Å². The fourth-order valence-electron chi connectivity index (χ4n) is 5.20. The van der Waals surface area contributed by atoms with Crippen LogP contribution in [0.25, 0.3) is 0 Å². The lowest BCUT2D eigenvalue weighted by molar-refractivity contribution is -0.274. The van der Waals surface area contributed by atoms with Crippen molar-refractivity contribution in [1.82, 2.24) is 0 Å². The number of hydrogen-bond acceptors (Lipinski definition) is 4. The van der Waals surface area contributed by atoms with Crippen molar-refractivity contribution in [2.45, 2.75) is 39.2 Å². The number of hydrogen-bond donors (Lipinski definition) is 0. The fourth-order valence-corrected chi connectivity index (χ4v) is 5.46. The van der Waals surface area contributed by atoms with E-state index >= 15 is 0 Å². The van der Waals surface area contributed by atoms with Crippen LogP contribution in [0.15, 0.2) is 94.6 Å². The van der Waals surface area contributed by atoms with Crippen LogP contribution in [0.1, 0.15) is 38.4 Å². The first-order valence-corrected chi connectivity index (χ1v) is 12.8. The molecule has 0 spiro atoms. The summed E-state index contributed by atoms with van der Waals surface area (Å²) in [7, 11) is 0. The molecular weight excluding hydrogens is 545 g/mol. The number of ether oxygens (including phenoxy) is 1. The largest absolute Gasteiger partial charge is 0.573 e.